The van der Waals surface area contributed by atoms with Crippen LogP contribution >= 0.6 is 11.3 Å². The first kappa shape index (κ1) is 16.9. The lowest BCUT2D eigenvalue weighted by Crippen LogP contribution is -2.43. The summed E-state index contributed by atoms with van der Waals surface area (Å²) in [7, 11) is 0. The number of ether oxygens (including phenoxy) is 1. The van der Waals surface area contributed by atoms with Gasteiger partial charge in [0.15, 0.2) is 0 Å². The molecule has 0 bridgehead atoms. The molecule has 114 valence electrons. The molecule has 1 aromatic heterocycles. The number of rotatable bonds is 5. The van der Waals surface area contributed by atoms with E-state index in [4.69, 9.17) is 10.5 Å². The van der Waals surface area contributed by atoms with Gasteiger partial charge in [0.05, 0.1) is 6.04 Å². The number of hydrogen-bond donors (Lipinski definition) is 3. The van der Waals surface area contributed by atoms with Crippen LogP contribution in [0.3, 0.4) is 0 Å². The SMILES string of the molecule is Cc1ccsc1C(O)C(CCN)NC(=O)OC(C)(C)C. The minimum atomic E-state index is -0.772. The molecule has 0 saturated carbocycles. The molecule has 0 saturated heterocycles. The number of nitrogens with one attached hydrogen (secondary N) is 1. The van der Waals surface area contributed by atoms with Crippen LogP contribution in [-0.4, -0.2) is 29.4 Å². The highest BCUT2D eigenvalue weighted by atomic mass is 32.1. The number of aliphatic hydroxyl groups excluding tert-OH is 1. The molecule has 1 amide bonds. The predicted octanol–water partition coefficient (Wildman–Crippen LogP) is 2.33. The zero-order chi connectivity index (χ0) is 15.3. The molecule has 5 nitrogen and oxygen atoms in total. The fraction of sp³-hybridized carbons (Fsp3) is 0.643. The normalized spacial score (nSPS) is 14.7. The standard InChI is InChI=1S/C14H24N2O3S/c1-9-6-8-20-12(9)11(17)10(5-7-15)16-13(18)19-14(2,3)4/h6,8,10-11,17H,5,7,15H2,1-4H3,(H,16,18). The summed E-state index contributed by atoms with van der Waals surface area (Å²) in [5.41, 5.74) is 6.00. The van der Waals surface area contributed by atoms with Crippen molar-refractivity contribution in [1.29, 1.82) is 0 Å². The van der Waals surface area contributed by atoms with Gasteiger partial charge in [-0.1, -0.05) is 0 Å². The number of nitrogens with two attached hydrogens (primary N) is 1. The third-order valence-corrected chi connectivity index (χ3v) is 3.82. The monoisotopic (exact) mass is 300 g/mol. The van der Waals surface area contributed by atoms with E-state index in [2.05, 4.69) is 5.32 Å². The zero-order valence-electron chi connectivity index (χ0n) is 12.5. The first-order valence-corrected chi connectivity index (χ1v) is 7.54. The van der Waals surface area contributed by atoms with Crippen molar-refractivity contribution >= 4 is 17.4 Å². The molecule has 1 heterocycles. The van der Waals surface area contributed by atoms with Crippen molar-refractivity contribution in [1.82, 2.24) is 5.32 Å². The summed E-state index contributed by atoms with van der Waals surface area (Å²) >= 11 is 1.47. The van der Waals surface area contributed by atoms with Gasteiger partial charge in [-0.25, -0.2) is 4.79 Å². The quantitative estimate of drug-likeness (QED) is 0.779. The van der Waals surface area contributed by atoms with E-state index in [9.17, 15) is 9.90 Å². The summed E-state index contributed by atoms with van der Waals surface area (Å²) in [6.45, 7) is 7.70. The van der Waals surface area contributed by atoms with E-state index in [0.717, 1.165) is 10.4 Å². The highest BCUT2D eigenvalue weighted by Gasteiger charge is 2.26. The molecule has 0 spiro atoms. The number of aliphatic hydroxyl groups is 1. The lowest BCUT2D eigenvalue weighted by molar-refractivity contribution is 0.0418. The summed E-state index contributed by atoms with van der Waals surface area (Å²) in [5, 5.41) is 15.0. The van der Waals surface area contributed by atoms with Crippen LogP contribution in [0.15, 0.2) is 11.4 Å². The molecular weight excluding hydrogens is 276 g/mol. The van der Waals surface area contributed by atoms with E-state index in [1.807, 2.05) is 18.4 Å². The van der Waals surface area contributed by atoms with Crippen molar-refractivity contribution < 1.29 is 14.6 Å². The summed E-state index contributed by atoms with van der Waals surface area (Å²) in [4.78, 5) is 12.7. The van der Waals surface area contributed by atoms with Crippen LogP contribution < -0.4 is 11.1 Å². The van der Waals surface area contributed by atoms with Crippen LogP contribution in [0.1, 0.15) is 43.7 Å². The minimum Gasteiger partial charge on any atom is -0.444 e. The number of aryl methyl sites for hydroxylation is 1. The minimum absolute atomic E-state index is 0.377. The van der Waals surface area contributed by atoms with E-state index in [1.54, 1.807) is 20.8 Å². The summed E-state index contributed by atoms with van der Waals surface area (Å²) < 4.78 is 5.21. The molecule has 4 N–H and O–H groups in total. The number of hydrogen-bond acceptors (Lipinski definition) is 5. The Morgan fingerprint density at radius 3 is 2.65 bits per heavy atom. The molecule has 0 fully saturated rings. The second-order valence-electron chi connectivity index (χ2n) is 5.74. The average Bonchev–Trinajstić information content (AvgIpc) is 2.71. The molecule has 0 aliphatic heterocycles. The van der Waals surface area contributed by atoms with Crippen LogP contribution in [0.25, 0.3) is 0 Å². The maximum atomic E-state index is 11.8. The van der Waals surface area contributed by atoms with Gasteiger partial charge in [0.1, 0.15) is 11.7 Å². The smallest absolute Gasteiger partial charge is 0.407 e. The topological polar surface area (TPSA) is 84.6 Å². The van der Waals surface area contributed by atoms with Crippen LogP contribution in [0.5, 0.6) is 0 Å². The fourth-order valence-electron chi connectivity index (χ4n) is 1.82. The molecular formula is C14H24N2O3S. The number of carbonyl (C=O) groups is 1. The Kier molecular flexibility index (Phi) is 5.98. The Hall–Kier alpha value is -1.11. The average molecular weight is 300 g/mol. The van der Waals surface area contributed by atoms with Crippen molar-refractivity contribution in [2.45, 2.75) is 51.9 Å². The van der Waals surface area contributed by atoms with Gasteiger partial charge in [0.2, 0.25) is 0 Å². The number of thiophene rings is 1. The first-order valence-electron chi connectivity index (χ1n) is 6.66. The van der Waals surface area contributed by atoms with E-state index < -0.39 is 23.8 Å². The zero-order valence-corrected chi connectivity index (χ0v) is 13.3. The molecule has 0 aliphatic carbocycles. The number of carbonyl (C=O) groups excluding carboxylic acids is 1. The first-order chi connectivity index (χ1) is 9.24. The van der Waals surface area contributed by atoms with Gasteiger partial charge in [0.25, 0.3) is 0 Å². The molecule has 1 aromatic rings. The van der Waals surface area contributed by atoms with Gasteiger partial charge in [-0.2, -0.15) is 0 Å². The molecule has 2 unspecified atom stereocenters. The molecule has 2 atom stereocenters. The highest BCUT2D eigenvalue weighted by molar-refractivity contribution is 7.10. The van der Waals surface area contributed by atoms with Gasteiger partial charge in [-0.3, -0.25) is 0 Å². The van der Waals surface area contributed by atoms with E-state index in [0.29, 0.717) is 13.0 Å². The summed E-state index contributed by atoms with van der Waals surface area (Å²) in [6.07, 6.45) is -0.826. The van der Waals surface area contributed by atoms with E-state index >= 15 is 0 Å². The molecule has 1 rings (SSSR count). The van der Waals surface area contributed by atoms with Crippen molar-refractivity contribution in [3.05, 3.63) is 21.9 Å². The molecule has 6 heteroatoms. The van der Waals surface area contributed by atoms with Crippen LogP contribution in [0, 0.1) is 6.92 Å². The number of amides is 1. The third kappa shape index (κ3) is 5.11. The Morgan fingerprint density at radius 2 is 2.20 bits per heavy atom. The van der Waals surface area contributed by atoms with Crippen LogP contribution in [-0.2, 0) is 4.74 Å². The lowest BCUT2D eigenvalue weighted by Gasteiger charge is -2.26. The summed E-state index contributed by atoms with van der Waals surface area (Å²) in [5.74, 6) is 0. The fourth-order valence-corrected chi connectivity index (χ4v) is 2.79. The highest BCUT2D eigenvalue weighted by Crippen LogP contribution is 2.27. The maximum Gasteiger partial charge on any atom is 0.407 e. The maximum absolute atomic E-state index is 11.8. The molecule has 0 radical (unpaired) electrons. The van der Waals surface area contributed by atoms with Gasteiger partial charge in [0, 0.05) is 4.88 Å². The van der Waals surface area contributed by atoms with E-state index in [-0.39, 0.29) is 0 Å². The predicted molar refractivity (Wildman–Crippen MR) is 80.8 cm³/mol. The Balaban J connectivity index is 2.74. The Labute approximate surface area is 124 Å². The van der Waals surface area contributed by atoms with Gasteiger partial charge in [-0.05, 0) is 57.7 Å². The molecule has 0 aliphatic rings. The molecule has 20 heavy (non-hydrogen) atoms. The largest absolute Gasteiger partial charge is 0.444 e. The molecule has 0 aromatic carbocycles. The van der Waals surface area contributed by atoms with Crippen LogP contribution in [0.2, 0.25) is 0 Å². The van der Waals surface area contributed by atoms with Crippen molar-refractivity contribution in [3.63, 3.8) is 0 Å². The third-order valence-electron chi connectivity index (χ3n) is 2.73. The van der Waals surface area contributed by atoms with Gasteiger partial charge in [-0.15, -0.1) is 11.3 Å². The van der Waals surface area contributed by atoms with Crippen molar-refractivity contribution in [3.8, 4) is 0 Å². The Morgan fingerprint density at radius 1 is 1.55 bits per heavy atom. The Bertz CT molecular complexity index is 440. The van der Waals surface area contributed by atoms with Gasteiger partial charge >= 0.3 is 6.09 Å². The van der Waals surface area contributed by atoms with Crippen molar-refractivity contribution in [2.24, 2.45) is 5.73 Å². The second kappa shape index (κ2) is 7.06. The van der Waals surface area contributed by atoms with Gasteiger partial charge < -0.3 is 20.9 Å². The van der Waals surface area contributed by atoms with E-state index in [1.165, 1.54) is 11.3 Å². The van der Waals surface area contributed by atoms with Crippen LogP contribution in [0.4, 0.5) is 4.79 Å². The van der Waals surface area contributed by atoms with Crippen molar-refractivity contribution in [2.75, 3.05) is 6.54 Å². The lowest BCUT2D eigenvalue weighted by atomic mass is 10.0. The summed E-state index contributed by atoms with van der Waals surface area (Å²) in [6, 6.07) is 1.49. The second-order valence-corrected chi connectivity index (χ2v) is 6.69. The number of alkyl carbamates (subject to hydrolysis) is 1.